The minimum absolute atomic E-state index is 0.317. The zero-order valence-corrected chi connectivity index (χ0v) is 9.95. The highest BCUT2D eigenvalue weighted by molar-refractivity contribution is 9.10. The van der Waals surface area contributed by atoms with E-state index in [2.05, 4.69) is 20.9 Å². The van der Waals surface area contributed by atoms with Gasteiger partial charge in [-0.3, -0.25) is 0 Å². The summed E-state index contributed by atoms with van der Waals surface area (Å²) in [6.45, 7) is 3.34. The van der Waals surface area contributed by atoms with E-state index >= 15 is 0 Å². The molecule has 5 heteroatoms. The number of nitrogens with zero attached hydrogens (tertiary/aromatic N) is 1. The Hall–Kier alpha value is 0.150. The van der Waals surface area contributed by atoms with Gasteiger partial charge in [-0.1, -0.05) is 11.6 Å². The van der Waals surface area contributed by atoms with Crippen LogP contribution in [0.3, 0.4) is 0 Å². The van der Waals surface area contributed by atoms with Crippen molar-refractivity contribution in [1.29, 1.82) is 0 Å². The quantitative estimate of drug-likeness (QED) is 0.579. The van der Waals surface area contributed by atoms with Crippen LogP contribution in [0.5, 0.6) is 0 Å². The van der Waals surface area contributed by atoms with Gasteiger partial charge in [-0.25, -0.2) is 4.98 Å². The lowest BCUT2D eigenvalue weighted by atomic mass is 10.5. The lowest BCUT2D eigenvalue weighted by Crippen LogP contribution is -2.05. The van der Waals surface area contributed by atoms with Gasteiger partial charge >= 0.3 is 0 Å². The van der Waals surface area contributed by atoms with Crippen molar-refractivity contribution in [3.8, 4) is 0 Å². The van der Waals surface area contributed by atoms with Crippen molar-refractivity contribution in [1.82, 2.24) is 4.98 Å². The van der Waals surface area contributed by atoms with Gasteiger partial charge in [0.1, 0.15) is 16.9 Å². The van der Waals surface area contributed by atoms with Crippen LogP contribution in [0.25, 0.3) is 0 Å². The summed E-state index contributed by atoms with van der Waals surface area (Å²) in [6, 6.07) is 3.47. The van der Waals surface area contributed by atoms with E-state index in [9.17, 15) is 4.57 Å². The maximum Gasteiger partial charge on any atom is 0.141 e. The number of aromatic nitrogens is 1. The van der Waals surface area contributed by atoms with E-state index in [1.54, 1.807) is 25.5 Å². The fourth-order valence-corrected chi connectivity index (χ4v) is 2.91. The van der Waals surface area contributed by atoms with Crippen molar-refractivity contribution in [2.75, 3.05) is 13.3 Å². The van der Waals surface area contributed by atoms with Crippen molar-refractivity contribution >= 4 is 40.0 Å². The molecule has 2 nitrogen and oxygen atoms in total. The highest BCUT2D eigenvalue weighted by Gasteiger charge is 2.15. The third-order valence-electron chi connectivity index (χ3n) is 1.38. The third-order valence-corrected chi connectivity index (χ3v) is 3.76. The lowest BCUT2D eigenvalue weighted by Gasteiger charge is -2.07. The number of halogens is 2. The summed E-state index contributed by atoms with van der Waals surface area (Å²) in [5.74, 6) is 0. The minimum Gasteiger partial charge on any atom is -0.319 e. The first kappa shape index (κ1) is 10.2. The van der Waals surface area contributed by atoms with Crippen LogP contribution in [0.2, 0.25) is 5.15 Å². The normalized spacial score (nSPS) is 11.7. The second-order valence-corrected chi connectivity index (χ2v) is 7.15. The molecule has 0 saturated heterocycles. The van der Waals surface area contributed by atoms with Gasteiger partial charge in [0.15, 0.2) is 0 Å². The van der Waals surface area contributed by atoms with Crippen LogP contribution in [-0.2, 0) is 4.57 Å². The molecule has 1 aromatic rings. The van der Waals surface area contributed by atoms with E-state index in [-0.39, 0.29) is 0 Å². The van der Waals surface area contributed by atoms with Crippen LogP contribution >= 0.6 is 34.7 Å². The highest BCUT2D eigenvalue weighted by atomic mass is 79.9. The maximum atomic E-state index is 11.6. The first-order valence-electron chi connectivity index (χ1n) is 3.29. The molecule has 66 valence electrons. The fourth-order valence-electron chi connectivity index (χ4n) is 0.806. The Bertz CT molecular complexity index is 349. The average Bonchev–Trinajstić information content (AvgIpc) is 1.83. The van der Waals surface area contributed by atoms with E-state index in [1.165, 1.54) is 0 Å². The van der Waals surface area contributed by atoms with E-state index in [0.29, 0.717) is 15.1 Å². The van der Waals surface area contributed by atoms with Crippen molar-refractivity contribution < 1.29 is 4.57 Å². The molecule has 1 aromatic heterocycles. The van der Waals surface area contributed by atoms with E-state index < -0.39 is 7.14 Å². The van der Waals surface area contributed by atoms with Crippen LogP contribution in [0.4, 0.5) is 0 Å². The molecule has 0 spiro atoms. The van der Waals surface area contributed by atoms with Gasteiger partial charge in [0.05, 0.1) is 0 Å². The smallest absolute Gasteiger partial charge is 0.141 e. The van der Waals surface area contributed by atoms with Crippen molar-refractivity contribution in [2.45, 2.75) is 0 Å². The number of hydrogen-bond acceptors (Lipinski definition) is 2. The molecule has 12 heavy (non-hydrogen) atoms. The predicted octanol–water partition coefficient (Wildman–Crippen LogP) is 2.75. The Balaban J connectivity index is 3.28. The Morgan fingerprint density at radius 1 is 1.50 bits per heavy atom. The molecule has 0 aliphatic heterocycles. The summed E-state index contributed by atoms with van der Waals surface area (Å²) in [5, 5.41) is 0.949. The maximum absolute atomic E-state index is 11.6. The molecular weight excluding hydrogens is 260 g/mol. The number of hydrogen-bond donors (Lipinski definition) is 0. The summed E-state index contributed by atoms with van der Waals surface area (Å²) in [5.41, 5.74) is 0. The second-order valence-electron chi connectivity index (χ2n) is 2.79. The Kier molecular flexibility index (Phi) is 2.97. The molecule has 1 heterocycles. The molecule has 0 aliphatic carbocycles. The highest BCUT2D eigenvalue weighted by Crippen LogP contribution is 2.37. The monoisotopic (exact) mass is 267 g/mol. The zero-order chi connectivity index (χ0) is 9.35. The van der Waals surface area contributed by atoms with Crippen LogP contribution in [0, 0.1) is 0 Å². The molecule has 0 unspecified atom stereocenters. The van der Waals surface area contributed by atoms with Gasteiger partial charge in [-0.2, -0.15) is 0 Å². The first-order valence-corrected chi connectivity index (χ1v) is 7.06. The van der Waals surface area contributed by atoms with Crippen LogP contribution in [0.15, 0.2) is 16.7 Å². The SMILES string of the molecule is CP(C)(=O)c1ccc(Br)nc1Cl. The van der Waals surface area contributed by atoms with Crippen LogP contribution in [-0.4, -0.2) is 18.3 Å². The Labute approximate surface area is 84.8 Å². The Morgan fingerprint density at radius 2 is 2.08 bits per heavy atom. The van der Waals surface area contributed by atoms with E-state index in [1.807, 2.05) is 0 Å². The summed E-state index contributed by atoms with van der Waals surface area (Å²) in [4.78, 5) is 3.95. The van der Waals surface area contributed by atoms with E-state index in [0.717, 1.165) is 0 Å². The predicted molar refractivity (Wildman–Crippen MR) is 56.0 cm³/mol. The summed E-state index contributed by atoms with van der Waals surface area (Å²) in [7, 11) is -2.29. The summed E-state index contributed by atoms with van der Waals surface area (Å²) < 4.78 is 12.3. The van der Waals surface area contributed by atoms with Gasteiger partial charge in [0.2, 0.25) is 0 Å². The molecule has 0 atom stereocenters. The standard InChI is InChI=1S/C7H8BrClNOP/c1-12(2,11)5-3-4-6(8)10-7(5)9/h3-4H,1-2H3. The number of pyridine rings is 1. The molecular formula is C7H8BrClNOP. The molecule has 0 aliphatic rings. The molecule has 0 N–H and O–H groups in total. The lowest BCUT2D eigenvalue weighted by molar-refractivity contribution is 0.588. The summed E-state index contributed by atoms with van der Waals surface area (Å²) in [6.07, 6.45) is 0. The van der Waals surface area contributed by atoms with Crippen molar-refractivity contribution in [3.63, 3.8) is 0 Å². The fraction of sp³-hybridized carbons (Fsp3) is 0.286. The van der Waals surface area contributed by atoms with Crippen molar-refractivity contribution in [2.24, 2.45) is 0 Å². The van der Waals surface area contributed by atoms with Gasteiger partial charge in [-0.05, 0) is 41.4 Å². The second kappa shape index (κ2) is 3.49. The van der Waals surface area contributed by atoms with E-state index in [4.69, 9.17) is 11.6 Å². The van der Waals surface area contributed by atoms with Crippen molar-refractivity contribution in [3.05, 3.63) is 21.9 Å². The molecule has 1 rings (SSSR count). The number of rotatable bonds is 1. The van der Waals surface area contributed by atoms with Crippen LogP contribution < -0.4 is 5.30 Å². The molecule has 0 fully saturated rings. The third kappa shape index (κ3) is 2.32. The van der Waals surface area contributed by atoms with Gasteiger partial charge in [-0.15, -0.1) is 0 Å². The molecule has 0 amide bonds. The zero-order valence-electron chi connectivity index (χ0n) is 6.71. The van der Waals surface area contributed by atoms with Crippen LogP contribution in [0.1, 0.15) is 0 Å². The van der Waals surface area contributed by atoms with Gasteiger partial charge < -0.3 is 4.57 Å². The molecule has 0 aromatic carbocycles. The van der Waals surface area contributed by atoms with Gasteiger partial charge in [0.25, 0.3) is 0 Å². The molecule has 0 radical (unpaired) electrons. The molecule has 0 saturated carbocycles. The Morgan fingerprint density at radius 3 is 2.50 bits per heavy atom. The minimum atomic E-state index is -2.29. The topological polar surface area (TPSA) is 30.0 Å². The molecule has 0 bridgehead atoms. The summed E-state index contributed by atoms with van der Waals surface area (Å²) >= 11 is 8.98. The van der Waals surface area contributed by atoms with Gasteiger partial charge in [0, 0.05) is 5.30 Å². The first-order chi connectivity index (χ1) is 5.41. The largest absolute Gasteiger partial charge is 0.319 e. The average molecular weight is 268 g/mol.